The average Bonchev–Trinajstić information content (AvgIpc) is 2.16. The van der Waals surface area contributed by atoms with Gasteiger partial charge in [-0.2, -0.15) is 0 Å². The topological polar surface area (TPSA) is 69.2 Å². The maximum absolute atomic E-state index is 10.7. The molecule has 82 valence electrons. The highest BCUT2D eigenvalue weighted by Gasteiger charge is 2.12. The van der Waals surface area contributed by atoms with Crippen LogP contribution >= 0.6 is 15.9 Å². The number of nitrogens with zero attached hydrogens (tertiary/aromatic N) is 1. The molecule has 1 aromatic rings. The average molecular weight is 273 g/mol. The lowest BCUT2D eigenvalue weighted by molar-refractivity contribution is -0.385. The van der Waals surface area contributed by atoms with Crippen molar-refractivity contribution in [2.45, 2.75) is 25.8 Å². The minimum atomic E-state index is -0.389. The molecule has 5 heteroatoms. The molecule has 0 saturated carbocycles. The zero-order valence-electron chi connectivity index (χ0n) is 8.44. The van der Waals surface area contributed by atoms with Gasteiger partial charge in [0.25, 0.3) is 5.69 Å². The summed E-state index contributed by atoms with van der Waals surface area (Å²) in [4.78, 5) is 10.3. The molecule has 0 spiro atoms. The number of nitro groups is 1. The number of halogens is 1. The first kappa shape index (κ1) is 12.1. The molecule has 0 aliphatic heterocycles. The van der Waals surface area contributed by atoms with Gasteiger partial charge in [-0.05, 0) is 47.3 Å². The van der Waals surface area contributed by atoms with Gasteiger partial charge in [0.1, 0.15) is 0 Å². The summed E-state index contributed by atoms with van der Waals surface area (Å²) in [6.07, 6.45) is 1.60. The molecule has 0 heterocycles. The molecule has 0 amide bonds. The van der Waals surface area contributed by atoms with Gasteiger partial charge in [0, 0.05) is 12.1 Å². The van der Waals surface area contributed by atoms with E-state index in [9.17, 15) is 10.1 Å². The summed E-state index contributed by atoms with van der Waals surface area (Å²) < 4.78 is 0.511. The lowest BCUT2D eigenvalue weighted by atomic mass is 10.1. The minimum Gasteiger partial charge on any atom is -0.328 e. The smallest absolute Gasteiger partial charge is 0.283 e. The first-order chi connectivity index (χ1) is 7.00. The Morgan fingerprint density at radius 2 is 2.27 bits per heavy atom. The third-order valence-electron chi connectivity index (χ3n) is 2.10. The zero-order chi connectivity index (χ0) is 11.4. The van der Waals surface area contributed by atoms with Gasteiger partial charge in [-0.15, -0.1) is 0 Å². The van der Waals surface area contributed by atoms with Gasteiger partial charge in [0.05, 0.1) is 9.40 Å². The predicted molar refractivity (Wildman–Crippen MR) is 62.8 cm³/mol. The molecule has 4 nitrogen and oxygen atoms in total. The standard InChI is InChI=1S/C10H13BrN2O2/c1-7(12)2-3-8-4-5-9(11)10(6-8)13(14)15/h4-7H,2-3,12H2,1H3/t7-/m1/s1. The van der Waals surface area contributed by atoms with Crippen LogP contribution in [-0.4, -0.2) is 11.0 Å². The van der Waals surface area contributed by atoms with E-state index < -0.39 is 0 Å². The summed E-state index contributed by atoms with van der Waals surface area (Å²) in [5.41, 5.74) is 6.68. The first-order valence-electron chi connectivity index (χ1n) is 4.69. The summed E-state index contributed by atoms with van der Waals surface area (Å²) in [6.45, 7) is 1.92. The Labute approximate surface area is 96.8 Å². The lowest BCUT2D eigenvalue weighted by Gasteiger charge is -2.05. The van der Waals surface area contributed by atoms with Crippen LogP contribution in [0.5, 0.6) is 0 Å². The normalized spacial score (nSPS) is 12.5. The fourth-order valence-electron chi connectivity index (χ4n) is 1.25. The van der Waals surface area contributed by atoms with Gasteiger partial charge in [0.15, 0.2) is 0 Å². The first-order valence-corrected chi connectivity index (χ1v) is 5.48. The number of hydrogen-bond acceptors (Lipinski definition) is 3. The van der Waals surface area contributed by atoms with Crippen LogP contribution in [0.15, 0.2) is 22.7 Å². The zero-order valence-corrected chi connectivity index (χ0v) is 10.0. The van der Waals surface area contributed by atoms with Gasteiger partial charge in [-0.3, -0.25) is 10.1 Å². The Balaban J connectivity index is 2.83. The molecule has 0 aromatic heterocycles. The molecule has 0 bridgehead atoms. The van der Waals surface area contributed by atoms with E-state index in [1.165, 1.54) is 0 Å². The van der Waals surface area contributed by atoms with Crippen LogP contribution in [0.2, 0.25) is 0 Å². The van der Waals surface area contributed by atoms with Crippen molar-refractivity contribution in [2.75, 3.05) is 0 Å². The largest absolute Gasteiger partial charge is 0.328 e. The molecule has 2 N–H and O–H groups in total. The quantitative estimate of drug-likeness (QED) is 0.677. The molecule has 1 aromatic carbocycles. The van der Waals surface area contributed by atoms with Crippen molar-refractivity contribution in [2.24, 2.45) is 5.73 Å². The second kappa shape index (κ2) is 5.23. The van der Waals surface area contributed by atoms with Crippen LogP contribution in [0.25, 0.3) is 0 Å². The fourth-order valence-corrected chi connectivity index (χ4v) is 1.64. The molecule has 1 atom stereocenters. The Morgan fingerprint density at radius 3 is 2.80 bits per heavy atom. The molecule has 0 unspecified atom stereocenters. The number of benzene rings is 1. The van der Waals surface area contributed by atoms with Gasteiger partial charge in [-0.1, -0.05) is 6.07 Å². The number of rotatable bonds is 4. The predicted octanol–water partition coefficient (Wildman–Crippen LogP) is 2.64. The molecule has 1 rings (SSSR count). The fraction of sp³-hybridized carbons (Fsp3) is 0.400. The van der Waals surface area contributed by atoms with Crippen LogP contribution in [-0.2, 0) is 6.42 Å². The Morgan fingerprint density at radius 1 is 1.60 bits per heavy atom. The Kier molecular flexibility index (Phi) is 4.23. The van der Waals surface area contributed by atoms with Crippen molar-refractivity contribution < 1.29 is 4.92 Å². The van der Waals surface area contributed by atoms with E-state index in [2.05, 4.69) is 15.9 Å². The van der Waals surface area contributed by atoms with Gasteiger partial charge in [0.2, 0.25) is 0 Å². The van der Waals surface area contributed by atoms with Crippen molar-refractivity contribution in [3.05, 3.63) is 38.3 Å². The molecule has 0 radical (unpaired) electrons. The van der Waals surface area contributed by atoms with Crippen LogP contribution in [0, 0.1) is 10.1 Å². The summed E-state index contributed by atoms with van der Waals surface area (Å²) >= 11 is 3.14. The SMILES string of the molecule is C[C@@H](N)CCc1ccc(Br)c([N+](=O)[O-])c1. The van der Waals surface area contributed by atoms with E-state index in [0.717, 1.165) is 18.4 Å². The second-order valence-corrected chi connectivity index (χ2v) is 4.41. The number of hydrogen-bond donors (Lipinski definition) is 1. The van der Waals surface area contributed by atoms with Crippen molar-refractivity contribution in [1.29, 1.82) is 0 Å². The summed E-state index contributed by atoms with van der Waals surface area (Å²) in [6, 6.07) is 5.29. The van der Waals surface area contributed by atoms with Crippen LogP contribution in [0.1, 0.15) is 18.9 Å². The lowest BCUT2D eigenvalue weighted by Crippen LogP contribution is -2.15. The van der Waals surface area contributed by atoms with Crippen LogP contribution < -0.4 is 5.73 Å². The maximum Gasteiger partial charge on any atom is 0.283 e. The van der Waals surface area contributed by atoms with Crippen LogP contribution in [0.3, 0.4) is 0 Å². The van der Waals surface area contributed by atoms with E-state index >= 15 is 0 Å². The number of aryl methyl sites for hydroxylation is 1. The summed E-state index contributed by atoms with van der Waals surface area (Å²) in [5.74, 6) is 0. The highest BCUT2D eigenvalue weighted by Crippen LogP contribution is 2.26. The van der Waals surface area contributed by atoms with Crippen molar-refractivity contribution in [3.63, 3.8) is 0 Å². The Bertz CT molecular complexity index is 366. The van der Waals surface area contributed by atoms with Crippen LogP contribution in [0.4, 0.5) is 5.69 Å². The van der Waals surface area contributed by atoms with E-state index in [1.54, 1.807) is 12.1 Å². The van der Waals surface area contributed by atoms with Gasteiger partial charge < -0.3 is 5.73 Å². The molecule has 15 heavy (non-hydrogen) atoms. The van der Waals surface area contributed by atoms with Gasteiger partial charge in [-0.25, -0.2) is 0 Å². The van der Waals surface area contributed by atoms with E-state index in [-0.39, 0.29) is 16.7 Å². The summed E-state index contributed by atoms with van der Waals surface area (Å²) in [7, 11) is 0. The molecule has 0 aliphatic rings. The van der Waals surface area contributed by atoms with E-state index in [4.69, 9.17) is 5.73 Å². The highest BCUT2D eigenvalue weighted by atomic mass is 79.9. The number of nitrogens with two attached hydrogens (primary N) is 1. The highest BCUT2D eigenvalue weighted by molar-refractivity contribution is 9.10. The van der Waals surface area contributed by atoms with Crippen molar-refractivity contribution in [3.8, 4) is 0 Å². The monoisotopic (exact) mass is 272 g/mol. The second-order valence-electron chi connectivity index (χ2n) is 3.56. The molecular weight excluding hydrogens is 260 g/mol. The maximum atomic E-state index is 10.7. The van der Waals surface area contributed by atoms with E-state index in [0.29, 0.717) is 4.47 Å². The minimum absolute atomic E-state index is 0.108. The number of nitro benzene ring substituents is 1. The summed E-state index contributed by atoms with van der Waals surface area (Å²) in [5, 5.41) is 10.7. The molecule has 0 fully saturated rings. The van der Waals surface area contributed by atoms with E-state index in [1.807, 2.05) is 13.0 Å². The third kappa shape index (κ3) is 3.60. The van der Waals surface area contributed by atoms with Crippen molar-refractivity contribution >= 4 is 21.6 Å². The molecule has 0 aliphatic carbocycles. The van der Waals surface area contributed by atoms with Gasteiger partial charge >= 0.3 is 0 Å². The molecular formula is C10H13BrN2O2. The Hall–Kier alpha value is -0.940. The van der Waals surface area contributed by atoms with Crippen molar-refractivity contribution in [1.82, 2.24) is 0 Å². The third-order valence-corrected chi connectivity index (χ3v) is 2.77. The molecule has 0 saturated heterocycles.